The minimum Gasteiger partial charge on any atom is -0.330 e. The topological polar surface area (TPSA) is 64.2 Å². The highest BCUT2D eigenvalue weighted by molar-refractivity contribution is 6.06. The lowest BCUT2D eigenvalue weighted by Crippen LogP contribution is -2.31. The number of carbonyl (C=O) groups excluding carboxylic acids is 1. The zero-order valence-electron chi connectivity index (χ0n) is 11.5. The van der Waals surface area contributed by atoms with Gasteiger partial charge in [-0.05, 0) is 30.7 Å². The highest BCUT2D eigenvalue weighted by Gasteiger charge is 2.32. The van der Waals surface area contributed by atoms with Crippen LogP contribution in [0.5, 0.6) is 0 Å². The normalized spacial score (nSPS) is 17.3. The van der Waals surface area contributed by atoms with E-state index in [1.165, 1.54) is 5.56 Å². The Hall–Kier alpha value is -2.14. The lowest BCUT2D eigenvalue weighted by molar-refractivity contribution is 0.0979. The number of fused-ring (bicyclic) bond motifs is 1. The zero-order chi connectivity index (χ0) is 14.1. The Bertz CT molecular complexity index is 634. The van der Waals surface area contributed by atoms with Gasteiger partial charge in [0.1, 0.15) is 5.69 Å². The molecule has 0 bridgehead atoms. The standard InChI is InChI=1S/C15H18N4O/c1-18-14(7-9-17-18)15(20)19-10-11(6-8-16)12-4-2-3-5-13(12)19/h2-5,7,9,11H,6,8,10,16H2,1H3. The SMILES string of the molecule is Cn1nccc1C(=O)N1CC(CCN)c2ccccc21. The van der Waals surface area contributed by atoms with E-state index in [4.69, 9.17) is 5.73 Å². The third-order valence-corrected chi connectivity index (χ3v) is 3.87. The van der Waals surface area contributed by atoms with E-state index < -0.39 is 0 Å². The van der Waals surface area contributed by atoms with E-state index in [2.05, 4.69) is 11.2 Å². The number of aromatic nitrogens is 2. The first-order chi connectivity index (χ1) is 9.72. The summed E-state index contributed by atoms with van der Waals surface area (Å²) in [5.41, 5.74) is 8.51. The van der Waals surface area contributed by atoms with Crippen LogP contribution < -0.4 is 10.6 Å². The molecule has 104 valence electrons. The van der Waals surface area contributed by atoms with Crippen LogP contribution in [0.1, 0.15) is 28.4 Å². The molecule has 3 rings (SSSR count). The number of carbonyl (C=O) groups is 1. The number of benzene rings is 1. The van der Waals surface area contributed by atoms with Crippen molar-refractivity contribution in [3.05, 3.63) is 47.8 Å². The van der Waals surface area contributed by atoms with Gasteiger partial charge in [0.2, 0.25) is 0 Å². The van der Waals surface area contributed by atoms with E-state index in [1.54, 1.807) is 24.0 Å². The smallest absolute Gasteiger partial charge is 0.276 e. The third kappa shape index (κ3) is 2.00. The molecule has 1 aliphatic heterocycles. The van der Waals surface area contributed by atoms with E-state index in [0.29, 0.717) is 24.7 Å². The Balaban J connectivity index is 1.96. The predicted molar refractivity (Wildman–Crippen MR) is 77.7 cm³/mol. The van der Waals surface area contributed by atoms with Crippen LogP contribution in [0.4, 0.5) is 5.69 Å². The molecule has 1 unspecified atom stereocenters. The lowest BCUT2D eigenvalue weighted by Gasteiger charge is -2.17. The van der Waals surface area contributed by atoms with Gasteiger partial charge in [-0.1, -0.05) is 18.2 Å². The van der Waals surface area contributed by atoms with Crippen molar-refractivity contribution < 1.29 is 4.79 Å². The number of para-hydroxylation sites is 1. The fourth-order valence-corrected chi connectivity index (χ4v) is 2.86. The monoisotopic (exact) mass is 270 g/mol. The number of hydrogen-bond acceptors (Lipinski definition) is 3. The third-order valence-electron chi connectivity index (χ3n) is 3.87. The van der Waals surface area contributed by atoms with Crippen molar-refractivity contribution in [3.8, 4) is 0 Å². The molecule has 5 nitrogen and oxygen atoms in total. The number of anilines is 1. The summed E-state index contributed by atoms with van der Waals surface area (Å²) in [6.45, 7) is 1.33. The molecule has 0 fully saturated rings. The van der Waals surface area contributed by atoms with Gasteiger partial charge < -0.3 is 10.6 Å². The van der Waals surface area contributed by atoms with Crippen molar-refractivity contribution in [2.24, 2.45) is 12.8 Å². The molecule has 1 aliphatic rings. The number of amides is 1. The Morgan fingerprint density at radius 3 is 2.90 bits per heavy atom. The molecular formula is C15H18N4O. The number of hydrogen-bond donors (Lipinski definition) is 1. The lowest BCUT2D eigenvalue weighted by atomic mass is 9.98. The maximum atomic E-state index is 12.7. The van der Waals surface area contributed by atoms with Gasteiger partial charge in [0.15, 0.2) is 0 Å². The first kappa shape index (κ1) is 12.9. The zero-order valence-corrected chi connectivity index (χ0v) is 11.5. The molecule has 0 radical (unpaired) electrons. The maximum absolute atomic E-state index is 12.7. The van der Waals surface area contributed by atoms with Gasteiger partial charge in [0, 0.05) is 31.4 Å². The molecule has 0 saturated carbocycles. The van der Waals surface area contributed by atoms with Crippen LogP contribution in [0.2, 0.25) is 0 Å². The summed E-state index contributed by atoms with van der Waals surface area (Å²) in [6, 6.07) is 9.82. The van der Waals surface area contributed by atoms with Gasteiger partial charge >= 0.3 is 0 Å². The van der Waals surface area contributed by atoms with Gasteiger partial charge in [-0.15, -0.1) is 0 Å². The number of nitrogens with two attached hydrogens (primary N) is 1. The molecule has 0 saturated heterocycles. The molecule has 5 heteroatoms. The van der Waals surface area contributed by atoms with Gasteiger partial charge in [0.25, 0.3) is 5.91 Å². The fraction of sp³-hybridized carbons (Fsp3) is 0.333. The number of nitrogens with zero attached hydrogens (tertiary/aromatic N) is 3. The van der Waals surface area contributed by atoms with E-state index >= 15 is 0 Å². The number of aryl methyl sites for hydroxylation is 1. The van der Waals surface area contributed by atoms with Crippen LogP contribution in [-0.2, 0) is 7.05 Å². The quantitative estimate of drug-likeness (QED) is 0.919. The Kier molecular flexibility index (Phi) is 3.28. The van der Waals surface area contributed by atoms with Crippen LogP contribution in [0.3, 0.4) is 0 Å². The van der Waals surface area contributed by atoms with Crippen molar-refractivity contribution in [3.63, 3.8) is 0 Å². The van der Waals surface area contributed by atoms with Crippen LogP contribution >= 0.6 is 0 Å². The van der Waals surface area contributed by atoms with E-state index in [-0.39, 0.29) is 5.91 Å². The van der Waals surface area contributed by atoms with Gasteiger partial charge in [-0.25, -0.2) is 0 Å². The number of rotatable bonds is 3. The summed E-state index contributed by atoms with van der Waals surface area (Å²) in [5.74, 6) is 0.324. The molecule has 0 spiro atoms. The van der Waals surface area contributed by atoms with E-state index in [1.807, 2.05) is 23.1 Å². The van der Waals surface area contributed by atoms with Crippen LogP contribution in [0.25, 0.3) is 0 Å². The van der Waals surface area contributed by atoms with Crippen LogP contribution in [0, 0.1) is 0 Å². The van der Waals surface area contributed by atoms with Gasteiger partial charge in [-0.3, -0.25) is 9.48 Å². The van der Waals surface area contributed by atoms with Crippen molar-refractivity contribution in [1.82, 2.24) is 9.78 Å². The second-order valence-electron chi connectivity index (χ2n) is 5.09. The van der Waals surface area contributed by atoms with Crippen molar-refractivity contribution in [1.29, 1.82) is 0 Å². The van der Waals surface area contributed by atoms with E-state index in [0.717, 1.165) is 12.1 Å². The maximum Gasteiger partial charge on any atom is 0.276 e. The van der Waals surface area contributed by atoms with Crippen molar-refractivity contribution in [2.75, 3.05) is 18.0 Å². The molecule has 1 amide bonds. The van der Waals surface area contributed by atoms with E-state index in [9.17, 15) is 4.79 Å². The van der Waals surface area contributed by atoms with Crippen molar-refractivity contribution >= 4 is 11.6 Å². The Morgan fingerprint density at radius 1 is 1.40 bits per heavy atom. The highest BCUT2D eigenvalue weighted by atomic mass is 16.2. The average molecular weight is 270 g/mol. The fourth-order valence-electron chi connectivity index (χ4n) is 2.86. The first-order valence-corrected chi connectivity index (χ1v) is 6.81. The Morgan fingerprint density at radius 2 is 2.20 bits per heavy atom. The van der Waals surface area contributed by atoms with Gasteiger partial charge in [0.05, 0.1) is 0 Å². The largest absolute Gasteiger partial charge is 0.330 e. The van der Waals surface area contributed by atoms with Crippen LogP contribution in [0.15, 0.2) is 36.5 Å². The molecular weight excluding hydrogens is 252 g/mol. The molecule has 2 heterocycles. The summed E-state index contributed by atoms with van der Waals surface area (Å²) < 4.78 is 1.61. The highest BCUT2D eigenvalue weighted by Crippen LogP contribution is 2.38. The minimum absolute atomic E-state index is 0.00280. The van der Waals surface area contributed by atoms with Crippen LogP contribution in [-0.4, -0.2) is 28.8 Å². The summed E-state index contributed by atoms with van der Waals surface area (Å²) in [4.78, 5) is 14.5. The molecule has 2 aromatic rings. The molecule has 0 aliphatic carbocycles. The second kappa shape index (κ2) is 5.09. The molecule has 1 aromatic heterocycles. The summed E-state index contributed by atoms with van der Waals surface area (Å²) in [6.07, 6.45) is 2.54. The average Bonchev–Trinajstić information content (AvgIpc) is 3.03. The minimum atomic E-state index is -0.00280. The molecule has 20 heavy (non-hydrogen) atoms. The Labute approximate surface area is 118 Å². The van der Waals surface area contributed by atoms with Crippen molar-refractivity contribution in [2.45, 2.75) is 12.3 Å². The molecule has 1 aromatic carbocycles. The first-order valence-electron chi connectivity index (χ1n) is 6.81. The summed E-state index contributed by atoms with van der Waals surface area (Å²) >= 11 is 0. The molecule has 2 N–H and O–H groups in total. The summed E-state index contributed by atoms with van der Waals surface area (Å²) in [7, 11) is 1.78. The molecule has 1 atom stereocenters. The van der Waals surface area contributed by atoms with Gasteiger partial charge in [-0.2, -0.15) is 5.10 Å². The second-order valence-corrected chi connectivity index (χ2v) is 5.09. The predicted octanol–water partition coefficient (Wildman–Crippen LogP) is 1.51. The summed E-state index contributed by atoms with van der Waals surface area (Å²) in [5, 5.41) is 4.07.